The molecule has 0 radical (unpaired) electrons. The molecule has 29 heavy (non-hydrogen) atoms. The first-order valence-electron chi connectivity index (χ1n) is 12.2. The lowest BCUT2D eigenvalue weighted by Gasteiger charge is -2.36. The molecule has 6 atom stereocenters. The van der Waals surface area contributed by atoms with E-state index in [1.807, 2.05) is 0 Å². The molecular weight excluding hydrogens is 371 g/mol. The summed E-state index contributed by atoms with van der Waals surface area (Å²) >= 11 is 0. The maximum Gasteiger partial charge on any atom is 0.0752 e. The molecule has 0 spiro atoms. The van der Waals surface area contributed by atoms with E-state index in [4.69, 9.17) is 0 Å². The lowest BCUT2D eigenvalue weighted by Crippen LogP contribution is -2.34. The summed E-state index contributed by atoms with van der Waals surface area (Å²) in [6.45, 7) is 13.7. The summed E-state index contributed by atoms with van der Waals surface area (Å²) in [5, 5.41) is 10.3. The van der Waals surface area contributed by atoms with E-state index >= 15 is 0 Å². The van der Waals surface area contributed by atoms with E-state index < -0.39 is 0 Å². The van der Waals surface area contributed by atoms with E-state index in [-0.39, 0.29) is 6.10 Å². The molecule has 6 unspecified atom stereocenters. The number of allylic oxidation sites excluding steroid dienone is 5. The molecular formula is C27H49OP. The third kappa shape index (κ3) is 10.5. The van der Waals surface area contributed by atoms with E-state index in [9.17, 15) is 5.11 Å². The number of unbranched alkanes of at least 4 members (excludes halogenated alkanes) is 2. The Balaban J connectivity index is 2.25. The molecule has 0 saturated heterocycles. The second kappa shape index (κ2) is 14.6. The van der Waals surface area contributed by atoms with Crippen molar-refractivity contribution in [1.82, 2.24) is 0 Å². The van der Waals surface area contributed by atoms with Crippen molar-refractivity contribution < 1.29 is 5.11 Å². The topological polar surface area (TPSA) is 20.2 Å². The van der Waals surface area contributed by atoms with Crippen LogP contribution in [-0.4, -0.2) is 16.9 Å². The van der Waals surface area contributed by atoms with E-state index in [1.165, 1.54) is 63.4 Å². The minimum atomic E-state index is -0.259. The monoisotopic (exact) mass is 420 g/mol. The molecule has 0 bridgehead atoms. The Morgan fingerprint density at radius 3 is 2.38 bits per heavy atom. The summed E-state index contributed by atoms with van der Waals surface area (Å²) in [6.07, 6.45) is 19.3. The van der Waals surface area contributed by atoms with E-state index in [0.29, 0.717) is 17.5 Å². The summed E-state index contributed by atoms with van der Waals surface area (Å²) in [5.41, 5.74) is 5.10. The third-order valence-electron chi connectivity index (χ3n) is 7.02. The van der Waals surface area contributed by atoms with Gasteiger partial charge in [-0.25, -0.2) is 0 Å². The lowest BCUT2D eigenvalue weighted by atomic mass is 9.78. The van der Waals surface area contributed by atoms with Crippen LogP contribution in [0.3, 0.4) is 0 Å². The van der Waals surface area contributed by atoms with Gasteiger partial charge in [-0.05, 0) is 82.2 Å². The van der Waals surface area contributed by atoms with Gasteiger partial charge in [0.2, 0.25) is 0 Å². The zero-order chi connectivity index (χ0) is 21.8. The summed E-state index contributed by atoms with van der Waals surface area (Å²) in [7, 11) is 3.02. The smallest absolute Gasteiger partial charge is 0.0752 e. The molecule has 0 aliphatic heterocycles. The summed E-state index contributed by atoms with van der Waals surface area (Å²) in [4.78, 5) is 0. The molecule has 1 rings (SSSR count). The third-order valence-corrected chi connectivity index (χ3v) is 8.06. The molecule has 2 heteroatoms. The molecule has 1 N–H and O–H groups in total. The average molecular weight is 421 g/mol. The molecule has 0 aromatic carbocycles. The van der Waals surface area contributed by atoms with Crippen molar-refractivity contribution in [2.24, 2.45) is 17.8 Å². The number of rotatable bonds is 13. The maximum absolute atomic E-state index is 10.3. The normalized spacial score (nSPS) is 27.1. The van der Waals surface area contributed by atoms with Crippen LogP contribution in [-0.2, 0) is 0 Å². The van der Waals surface area contributed by atoms with Crippen LogP contribution in [0.2, 0.25) is 0 Å². The standard InChI is InChI=1S/C27H49OP/c1-7-8-9-12-20(2)13-10-14-21(3)15-11-16-22(4)17-18-25-19-26(28)23(5)24(6)27(25)29/h12,14,19,22-24,26-28H,7-11,13,15-18,29H2,1-6H3/b20-12+,21-14+. The highest BCUT2D eigenvalue weighted by molar-refractivity contribution is 7.18. The summed E-state index contributed by atoms with van der Waals surface area (Å²) in [6, 6.07) is 0. The maximum atomic E-state index is 10.3. The molecule has 0 aromatic heterocycles. The molecule has 0 fully saturated rings. The Kier molecular flexibility index (Phi) is 13.4. The van der Waals surface area contributed by atoms with Gasteiger partial charge in [-0.2, -0.15) is 0 Å². The fraction of sp³-hybridized carbons (Fsp3) is 0.778. The predicted octanol–water partition coefficient (Wildman–Crippen LogP) is 8.25. The van der Waals surface area contributed by atoms with Gasteiger partial charge in [0.05, 0.1) is 6.10 Å². The van der Waals surface area contributed by atoms with Gasteiger partial charge in [0.25, 0.3) is 0 Å². The number of aliphatic hydroxyl groups excluding tert-OH is 1. The van der Waals surface area contributed by atoms with Crippen molar-refractivity contribution in [3.05, 3.63) is 34.9 Å². The van der Waals surface area contributed by atoms with Crippen molar-refractivity contribution in [3.63, 3.8) is 0 Å². The molecule has 1 aliphatic rings. The number of hydrogen-bond acceptors (Lipinski definition) is 1. The van der Waals surface area contributed by atoms with Gasteiger partial charge >= 0.3 is 0 Å². The first-order valence-corrected chi connectivity index (χ1v) is 12.9. The highest BCUT2D eigenvalue weighted by atomic mass is 31.0. The van der Waals surface area contributed by atoms with Gasteiger partial charge in [0.15, 0.2) is 0 Å². The highest BCUT2D eigenvalue weighted by Gasteiger charge is 2.31. The Morgan fingerprint density at radius 2 is 1.69 bits per heavy atom. The second-order valence-electron chi connectivity index (χ2n) is 9.79. The highest BCUT2D eigenvalue weighted by Crippen LogP contribution is 2.37. The van der Waals surface area contributed by atoms with Crippen molar-refractivity contribution in [2.45, 2.75) is 118 Å². The van der Waals surface area contributed by atoms with Crippen molar-refractivity contribution in [2.75, 3.05) is 0 Å². The molecule has 0 aromatic rings. The Labute approximate surface area is 184 Å². The summed E-state index contributed by atoms with van der Waals surface area (Å²) in [5.74, 6) is 1.67. The molecule has 0 saturated carbocycles. The minimum Gasteiger partial charge on any atom is -0.389 e. The van der Waals surface area contributed by atoms with Crippen LogP contribution < -0.4 is 0 Å². The van der Waals surface area contributed by atoms with Crippen molar-refractivity contribution >= 4 is 9.24 Å². The van der Waals surface area contributed by atoms with E-state index in [1.54, 1.807) is 11.1 Å². The van der Waals surface area contributed by atoms with Gasteiger partial charge in [-0.3, -0.25) is 0 Å². The molecule has 0 heterocycles. The van der Waals surface area contributed by atoms with Gasteiger partial charge in [-0.1, -0.05) is 81.9 Å². The van der Waals surface area contributed by atoms with Gasteiger partial charge in [-0.15, -0.1) is 9.24 Å². The molecule has 0 amide bonds. The summed E-state index contributed by atoms with van der Waals surface area (Å²) < 4.78 is 0. The van der Waals surface area contributed by atoms with E-state index in [2.05, 4.69) is 69.0 Å². The largest absolute Gasteiger partial charge is 0.389 e. The Bertz CT molecular complexity index is 545. The first-order chi connectivity index (χ1) is 13.8. The molecule has 168 valence electrons. The van der Waals surface area contributed by atoms with Crippen LogP contribution in [0.15, 0.2) is 34.9 Å². The average Bonchev–Trinajstić information content (AvgIpc) is 2.68. The zero-order valence-electron chi connectivity index (χ0n) is 20.2. The zero-order valence-corrected chi connectivity index (χ0v) is 21.4. The Morgan fingerprint density at radius 1 is 1.03 bits per heavy atom. The van der Waals surface area contributed by atoms with E-state index in [0.717, 1.165) is 12.3 Å². The van der Waals surface area contributed by atoms with Crippen molar-refractivity contribution in [1.29, 1.82) is 0 Å². The number of hydrogen-bond donors (Lipinski definition) is 1. The predicted molar refractivity (Wildman–Crippen MR) is 134 cm³/mol. The van der Waals surface area contributed by atoms with Gasteiger partial charge in [0, 0.05) is 0 Å². The number of aliphatic hydroxyl groups is 1. The molecule has 1 aliphatic carbocycles. The second-order valence-corrected chi connectivity index (χ2v) is 10.5. The Hall–Kier alpha value is -0.390. The fourth-order valence-electron chi connectivity index (χ4n) is 4.30. The minimum absolute atomic E-state index is 0.259. The lowest BCUT2D eigenvalue weighted by molar-refractivity contribution is 0.118. The van der Waals surface area contributed by atoms with Crippen LogP contribution in [0.1, 0.15) is 106 Å². The van der Waals surface area contributed by atoms with Gasteiger partial charge < -0.3 is 5.11 Å². The van der Waals surface area contributed by atoms with Crippen LogP contribution in [0.5, 0.6) is 0 Å². The van der Waals surface area contributed by atoms with Crippen LogP contribution in [0.4, 0.5) is 0 Å². The van der Waals surface area contributed by atoms with Crippen molar-refractivity contribution in [3.8, 4) is 0 Å². The SMILES string of the molecule is CCCC/C=C(\C)CC/C=C(\C)CCCC(C)CCC1=CC(O)C(C)C(C)C1P. The first kappa shape index (κ1) is 26.6. The quantitative estimate of drug-likeness (QED) is 0.181. The van der Waals surface area contributed by atoms with Crippen LogP contribution in [0, 0.1) is 17.8 Å². The van der Waals surface area contributed by atoms with Gasteiger partial charge in [0.1, 0.15) is 0 Å². The molecule has 1 nitrogen and oxygen atoms in total. The fourth-order valence-corrected chi connectivity index (χ4v) is 4.93. The van der Waals surface area contributed by atoms with Crippen LogP contribution >= 0.6 is 9.24 Å². The van der Waals surface area contributed by atoms with Crippen LogP contribution in [0.25, 0.3) is 0 Å².